The molecule has 0 spiro atoms. The van der Waals surface area contributed by atoms with E-state index in [1.165, 1.54) is 0 Å². The predicted molar refractivity (Wildman–Crippen MR) is 123 cm³/mol. The zero-order chi connectivity index (χ0) is 22.7. The smallest absolute Gasteiger partial charge is 0.147 e. The maximum atomic E-state index is 5.69. The summed E-state index contributed by atoms with van der Waals surface area (Å²) in [4.78, 5) is 0. The van der Waals surface area contributed by atoms with Crippen LogP contribution in [0, 0.1) is 23.7 Å². The van der Waals surface area contributed by atoms with Gasteiger partial charge < -0.3 is 28.4 Å². The quantitative estimate of drug-likeness (QED) is 0.133. The SMILES string of the molecule is CCCC(/C=C/C=C/C=C/C#CC#CCCCOCOCCOC)OCOCCOC. The topological polar surface area (TPSA) is 55.4 Å². The lowest BCUT2D eigenvalue weighted by molar-refractivity contribution is -0.0863. The molecule has 0 N–H and O–H groups in total. The first-order valence-electron chi connectivity index (χ1n) is 10.7. The van der Waals surface area contributed by atoms with Gasteiger partial charge in [0.05, 0.1) is 39.1 Å². The minimum Gasteiger partial charge on any atom is -0.382 e. The van der Waals surface area contributed by atoms with Crippen LogP contribution < -0.4 is 0 Å². The van der Waals surface area contributed by atoms with Crippen LogP contribution in [0.3, 0.4) is 0 Å². The number of rotatable bonds is 19. The van der Waals surface area contributed by atoms with Gasteiger partial charge in [-0.1, -0.05) is 55.6 Å². The Morgan fingerprint density at radius 2 is 1.48 bits per heavy atom. The van der Waals surface area contributed by atoms with Crippen molar-refractivity contribution in [3.8, 4) is 23.7 Å². The van der Waals surface area contributed by atoms with Crippen LogP contribution in [0.1, 0.15) is 32.6 Å². The Balaban J connectivity index is 3.87. The van der Waals surface area contributed by atoms with Gasteiger partial charge >= 0.3 is 0 Å². The van der Waals surface area contributed by atoms with Crippen molar-refractivity contribution < 1.29 is 28.4 Å². The third-order valence-corrected chi connectivity index (χ3v) is 3.62. The second kappa shape index (κ2) is 26.1. The molecule has 0 aromatic heterocycles. The average Bonchev–Trinajstić information content (AvgIpc) is 2.78. The van der Waals surface area contributed by atoms with Crippen molar-refractivity contribution in [2.45, 2.75) is 38.7 Å². The predicted octanol–water partition coefficient (Wildman–Crippen LogP) is 3.88. The number of methoxy groups -OCH3 is 2. The third kappa shape index (κ3) is 24.2. The van der Waals surface area contributed by atoms with Crippen LogP contribution >= 0.6 is 0 Å². The summed E-state index contributed by atoms with van der Waals surface area (Å²) in [6.07, 6.45) is 15.2. The average molecular weight is 435 g/mol. The van der Waals surface area contributed by atoms with Crippen molar-refractivity contribution in [2.75, 3.05) is 60.8 Å². The van der Waals surface area contributed by atoms with Crippen LogP contribution in [0.4, 0.5) is 0 Å². The van der Waals surface area contributed by atoms with E-state index in [0.717, 1.165) is 25.7 Å². The molecule has 0 saturated carbocycles. The Kier molecular flexibility index (Phi) is 24.5. The maximum absolute atomic E-state index is 5.69. The summed E-state index contributed by atoms with van der Waals surface area (Å²) in [6, 6.07) is 0. The Labute approximate surface area is 188 Å². The van der Waals surface area contributed by atoms with Gasteiger partial charge in [-0.15, -0.1) is 0 Å². The van der Waals surface area contributed by atoms with Gasteiger partial charge in [0.25, 0.3) is 0 Å². The number of unbranched alkanes of at least 4 members (excludes halogenated alkanes) is 1. The van der Waals surface area contributed by atoms with Crippen LogP contribution in [0.5, 0.6) is 0 Å². The van der Waals surface area contributed by atoms with Gasteiger partial charge in [0.2, 0.25) is 0 Å². The minimum atomic E-state index is 0.0461. The molecule has 0 rings (SSSR count). The van der Waals surface area contributed by atoms with Gasteiger partial charge in [-0.05, 0) is 30.8 Å². The van der Waals surface area contributed by atoms with E-state index in [1.807, 2.05) is 30.4 Å². The first-order valence-corrected chi connectivity index (χ1v) is 10.7. The van der Waals surface area contributed by atoms with Crippen molar-refractivity contribution in [1.82, 2.24) is 0 Å². The lowest BCUT2D eigenvalue weighted by atomic mass is 10.2. The van der Waals surface area contributed by atoms with Crippen LogP contribution in [-0.2, 0) is 28.4 Å². The number of ether oxygens (including phenoxy) is 6. The summed E-state index contributed by atoms with van der Waals surface area (Å²) >= 11 is 0. The van der Waals surface area contributed by atoms with Crippen LogP contribution in [0.25, 0.3) is 0 Å². The fraction of sp³-hybridized carbons (Fsp3) is 0.600. The van der Waals surface area contributed by atoms with Gasteiger partial charge in [-0.2, -0.15) is 0 Å². The number of hydrogen-bond acceptors (Lipinski definition) is 6. The van der Waals surface area contributed by atoms with Gasteiger partial charge in [0.1, 0.15) is 13.6 Å². The first kappa shape index (κ1) is 29.1. The van der Waals surface area contributed by atoms with Crippen LogP contribution in [-0.4, -0.2) is 66.9 Å². The fourth-order valence-electron chi connectivity index (χ4n) is 2.04. The third-order valence-electron chi connectivity index (χ3n) is 3.62. The lowest BCUT2D eigenvalue weighted by Crippen LogP contribution is -2.14. The number of allylic oxidation sites excluding steroid dienone is 5. The Hall–Kier alpha value is -1.90. The van der Waals surface area contributed by atoms with Gasteiger partial charge in [-0.25, -0.2) is 0 Å². The zero-order valence-corrected chi connectivity index (χ0v) is 19.3. The van der Waals surface area contributed by atoms with E-state index < -0.39 is 0 Å². The summed E-state index contributed by atoms with van der Waals surface area (Å²) in [5.41, 5.74) is 0. The highest BCUT2D eigenvalue weighted by Crippen LogP contribution is 2.04. The molecule has 6 nitrogen and oxygen atoms in total. The summed E-state index contributed by atoms with van der Waals surface area (Å²) in [6.45, 7) is 5.55. The summed E-state index contributed by atoms with van der Waals surface area (Å²) in [5, 5.41) is 0. The first-order chi connectivity index (χ1) is 15.3. The Morgan fingerprint density at radius 1 is 0.774 bits per heavy atom. The molecular formula is C25H38O6. The molecule has 0 bridgehead atoms. The van der Waals surface area contributed by atoms with E-state index in [-0.39, 0.29) is 12.9 Å². The van der Waals surface area contributed by atoms with E-state index in [0.29, 0.717) is 39.8 Å². The molecule has 0 saturated heterocycles. The fourth-order valence-corrected chi connectivity index (χ4v) is 2.04. The summed E-state index contributed by atoms with van der Waals surface area (Å²) in [5.74, 6) is 11.5. The molecule has 0 aliphatic heterocycles. The van der Waals surface area contributed by atoms with E-state index in [2.05, 4.69) is 30.6 Å². The lowest BCUT2D eigenvalue weighted by Gasteiger charge is -2.13. The van der Waals surface area contributed by atoms with Gasteiger partial charge in [-0.3, -0.25) is 0 Å². The van der Waals surface area contributed by atoms with E-state index in [4.69, 9.17) is 28.4 Å². The minimum absolute atomic E-state index is 0.0461. The van der Waals surface area contributed by atoms with E-state index >= 15 is 0 Å². The van der Waals surface area contributed by atoms with Gasteiger partial charge in [0.15, 0.2) is 0 Å². The molecule has 0 radical (unpaired) electrons. The van der Waals surface area contributed by atoms with Crippen molar-refractivity contribution in [2.24, 2.45) is 0 Å². The van der Waals surface area contributed by atoms with E-state index in [9.17, 15) is 0 Å². The standard InChI is InChI=1S/C25H38O6/c1-4-16-25(31-24-30-22-20-27-3)17-14-12-10-8-6-5-7-9-11-13-15-18-28-23-29-21-19-26-2/h6,8,10,12,14,17,25H,4,13,15-16,18-24H2,1-3H3/b8-6+,12-10+,17-14+. The normalized spacial score (nSPS) is 12.2. The molecule has 0 aromatic rings. The molecule has 31 heavy (non-hydrogen) atoms. The zero-order valence-electron chi connectivity index (χ0n) is 19.3. The second-order valence-electron chi connectivity index (χ2n) is 6.24. The van der Waals surface area contributed by atoms with Gasteiger partial charge in [0, 0.05) is 20.6 Å². The molecule has 6 heteroatoms. The summed E-state index contributed by atoms with van der Waals surface area (Å²) < 4.78 is 31.3. The summed E-state index contributed by atoms with van der Waals surface area (Å²) in [7, 11) is 3.29. The second-order valence-corrected chi connectivity index (χ2v) is 6.24. The Morgan fingerprint density at radius 3 is 2.23 bits per heavy atom. The van der Waals surface area contributed by atoms with Crippen molar-refractivity contribution in [3.63, 3.8) is 0 Å². The van der Waals surface area contributed by atoms with Crippen LogP contribution in [0.15, 0.2) is 36.5 Å². The molecule has 0 fully saturated rings. The Bertz CT molecular complexity index is 589. The molecule has 1 atom stereocenters. The van der Waals surface area contributed by atoms with Crippen molar-refractivity contribution in [1.29, 1.82) is 0 Å². The highest BCUT2D eigenvalue weighted by atomic mass is 16.7. The van der Waals surface area contributed by atoms with Crippen molar-refractivity contribution in [3.05, 3.63) is 36.5 Å². The van der Waals surface area contributed by atoms with Crippen molar-refractivity contribution >= 4 is 0 Å². The molecular weight excluding hydrogens is 396 g/mol. The monoisotopic (exact) mass is 434 g/mol. The molecule has 0 aromatic carbocycles. The largest absolute Gasteiger partial charge is 0.382 e. The molecule has 0 heterocycles. The molecule has 0 amide bonds. The molecule has 0 aliphatic rings. The van der Waals surface area contributed by atoms with E-state index in [1.54, 1.807) is 20.3 Å². The van der Waals surface area contributed by atoms with Crippen LogP contribution in [0.2, 0.25) is 0 Å². The molecule has 1 unspecified atom stereocenters. The highest BCUT2D eigenvalue weighted by Gasteiger charge is 2.02. The maximum Gasteiger partial charge on any atom is 0.147 e. The molecule has 174 valence electrons. The highest BCUT2D eigenvalue weighted by molar-refractivity contribution is 5.32. The number of hydrogen-bond donors (Lipinski definition) is 0. The molecule has 0 aliphatic carbocycles.